The second kappa shape index (κ2) is 8.56. The monoisotopic (exact) mass is 359 g/mol. The van der Waals surface area contributed by atoms with Crippen molar-refractivity contribution in [2.24, 2.45) is 0 Å². The topological polar surface area (TPSA) is 76.1 Å². The van der Waals surface area contributed by atoms with Crippen molar-refractivity contribution < 1.29 is 24.2 Å². The molecule has 26 heavy (non-hydrogen) atoms. The summed E-state index contributed by atoms with van der Waals surface area (Å²) in [5, 5.41) is 10.4. The number of ether oxygens (including phenoxy) is 2. The van der Waals surface area contributed by atoms with Gasteiger partial charge in [-0.25, -0.2) is 4.79 Å². The number of aromatic hydroxyl groups is 1. The van der Waals surface area contributed by atoms with Crippen LogP contribution in [0.3, 0.4) is 0 Å². The van der Waals surface area contributed by atoms with Gasteiger partial charge in [-0.3, -0.25) is 4.79 Å². The molecule has 1 N–H and O–H groups in total. The number of benzene rings is 1. The number of carbonyl (C=O) groups excluding carboxylic acids is 2. The van der Waals surface area contributed by atoms with Crippen LogP contribution in [0.4, 0.5) is 0 Å². The Morgan fingerprint density at radius 1 is 1.31 bits per heavy atom. The van der Waals surface area contributed by atoms with Crippen LogP contribution in [0.2, 0.25) is 0 Å². The van der Waals surface area contributed by atoms with E-state index in [1.54, 1.807) is 30.0 Å². The van der Waals surface area contributed by atoms with E-state index in [-0.39, 0.29) is 22.8 Å². The van der Waals surface area contributed by atoms with Gasteiger partial charge in [0.05, 0.1) is 24.9 Å². The van der Waals surface area contributed by atoms with Crippen molar-refractivity contribution in [3.05, 3.63) is 40.6 Å². The molecular formula is C20H25NO5. The maximum absolute atomic E-state index is 12.9. The molecule has 140 valence electrons. The molecule has 0 aromatic heterocycles. The first-order chi connectivity index (χ1) is 12.5. The first kappa shape index (κ1) is 19.6. The Bertz CT molecular complexity index is 763. The summed E-state index contributed by atoms with van der Waals surface area (Å²) in [4.78, 5) is 26.7. The third-order valence-electron chi connectivity index (χ3n) is 4.27. The SMILES string of the molecule is CCCCN1C(=O)/C(=C/c2cccc(OCC)c2O)C(C(=O)OC)=C1C. The van der Waals surface area contributed by atoms with Gasteiger partial charge in [0.15, 0.2) is 11.5 Å². The predicted molar refractivity (Wildman–Crippen MR) is 98.6 cm³/mol. The molecule has 0 radical (unpaired) electrons. The van der Waals surface area contributed by atoms with E-state index in [0.29, 0.717) is 30.2 Å². The lowest BCUT2D eigenvalue weighted by molar-refractivity contribution is -0.136. The molecule has 1 heterocycles. The number of allylic oxidation sites excluding steroid dienone is 1. The van der Waals surface area contributed by atoms with Crippen LogP contribution in [-0.4, -0.2) is 42.1 Å². The highest BCUT2D eigenvalue weighted by Gasteiger charge is 2.36. The number of esters is 1. The van der Waals surface area contributed by atoms with Crippen molar-refractivity contribution in [3.63, 3.8) is 0 Å². The van der Waals surface area contributed by atoms with Crippen LogP contribution in [-0.2, 0) is 14.3 Å². The van der Waals surface area contributed by atoms with Crippen molar-refractivity contribution in [3.8, 4) is 11.5 Å². The van der Waals surface area contributed by atoms with E-state index in [0.717, 1.165) is 12.8 Å². The fourth-order valence-electron chi connectivity index (χ4n) is 2.90. The highest BCUT2D eigenvalue weighted by molar-refractivity contribution is 6.16. The number of phenolic OH excluding ortho intramolecular Hbond substituents is 1. The second-order valence-electron chi connectivity index (χ2n) is 5.95. The molecule has 0 atom stereocenters. The highest BCUT2D eigenvalue weighted by Crippen LogP contribution is 2.36. The lowest BCUT2D eigenvalue weighted by Gasteiger charge is -2.17. The van der Waals surface area contributed by atoms with Gasteiger partial charge in [-0.2, -0.15) is 0 Å². The predicted octanol–water partition coefficient (Wildman–Crippen LogP) is 3.26. The average Bonchev–Trinajstić information content (AvgIpc) is 2.86. The number of phenols is 1. The van der Waals surface area contributed by atoms with E-state index < -0.39 is 5.97 Å². The first-order valence-electron chi connectivity index (χ1n) is 8.74. The van der Waals surface area contributed by atoms with Crippen LogP contribution in [0.5, 0.6) is 11.5 Å². The zero-order valence-electron chi connectivity index (χ0n) is 15.7. The number of unbranched alkanes of at least 4 members (excludes halogenated alkanes) is 1. The number of amides is 1. The Balaban J connectivity index is 2.52. The van der Waals surface area contributed by atoms with Gasteiger partial charge in [0, 0.05) is 17.8 Å². The summed E-state index contributed by atoms with van der Waals surface area (Å²) < 4.78 is 10.2. The Kier molecular flexibility index (Phi) is 6.44. The minimum Gasteiger partial charge on any atom is -0.504 e. The first-order valence-corrected chi connectivity index (χ1v) is 8.74. The number of hydrogen-bond donors (Lipinski definition) is 1. The summed E-state index contributed by atoms with van der Waals surface area (Å²) in [6.45, 7) is 6.53. The number of nitrogens with zero attached hydrogens (tertiary/aromatic N) is 1. The molecule has 0 saturated carbocycles. The molecule has 2 rings (SSSR count). The van der Waals surface area contributed by atoms with Gasteiger partial charge in [0.25, 0.3) is 5.91 Å². The Morgan fingerprint density at radius 3 is 2.65 bits per heavy atom. The molecule has 1 aromatic rings. The van der Waals surface area contributed by atoms with E-state index in [2.05, 4.69) is 0 Å². The second-order valence-corrected chi connectivity index (χ2v) is 5.95. The number of carbonyl (C=O) groups is 2. The van der Waals surface area contributed by atoms with Crippen LogP contribution >= 0.6 is 0 Å². The van der Waals surface area contributed by atoms with E-state index in [1.807, 2.05) is 13.8 Å². The molecule has 6 nitrogen and oxygen atoms in total. The molecule has 1 amide bonds. The number of rotatable bonds is 7. The van der Waals surface area contributed by atoms with Crippen LogP contribution in [0.25, 0.3) is 6.08 Å². The van der Waals surface area contributed by atoms with Gasteiger partial charge in [0.2, 0.25) is 0 Å². The lowest BCUT2D eigenvalue weighted by Crippen LogP contribution is -2.26. The van der Waals surface area contributed by atoms with Crippen LogP contribution in [0.15, 0.2) is 35.0 Å². The molecule has 1 aromatic carbocycles. The van der Waals surface area contributed by atoms with E-state index in [4.69, 9.17) is 9.47 Å². The molecule has 0 fully saturated rings. The average molecular weight is 359 g/mol. The molecule has 0 bridgehead atoms. The van der Waals surface area contributed by atoms with E-state index in [9.17, 15) is 14.7 Å². The smallest absolute Gasteiger partial charge is 0.340 e. The van der Waals surface area contributed by atoms with E-state index >= 15 is 0 Å². The zero-order chi connectivity index (χ0) is 19.3. The van der Waals surface area contributed by atoms with Gasteiger partial charge in [-0.05, 0) is 32.4 Å². The third kappa shape index (κ3) is 3.74. The van der Waals surface area contributed by atoms with Crippen molar-refractivity contribution in [2.45, 2.75) is 33.6 Å². The Hall–Kier alpha value is -2.76. The Morgan fingerprint density at radius 2 is 2.04 bits per heavy atom. The maximum atomic E-state index is 12.9. The lowest BCUT2D eigenvalue weighted by atomic mass is 10.0. The Labute approximate surface area is 153 Å². The van der Waals surface area contributed by atoms with Gasteiger partial charge in [0.1, 0.15) is 0 Å². The van der Waals surface area contributed by atoms with Crippen molar-refractivity contribution in [2.75, 3.05) is 20.3 Å². The molecule has 0 saturated heterocycles. The van der Waals surface area contributed by atoms with Gasteiger partial charge in [-0.15, -0.1) is 0 Å². The quantitative estimate of drug-likeness (QED) is 0.597. The summed E-state index contributed by atoms with van der Waals surface area (Å²) >= 11 is 0. The summed E-state index contributed by atoms with van der Waals surface area (Å²) in [6, 6.07) is 5.03. The molecule has 0 unspecified atom stereocenters. The molecule has 6 heteroatoms. The number of methoxy groups -OCH3 is 1. The largest absolute Gasteiger partial charge is 0.504 e. The van der Waals surface area contributed by atoms with Gasteiger partial charge in [-0.1, -0.05) is 25.5 Å². The molecule has 0 spiro atoms. The van der Waals surface area contributed by atoms with Crippen LogP contribution in [0.1, 0.15) is 39.2 Å². The van der Waals surface area contributed by atoms with Gasteiger partial charge < -0.3 is 19.5 Å². The number of para-hydroxylation sites is 1. The summed E-state index contributed by atoms with van der Waals surface area (Å²) in [5.41, 5.74) is 1.43. The molecular weight excluding hydrogens is 334 g/mol. The normalized spacial score (nSPS) is 15.8. The fraction of sp³-hybridized carbons (Fsp3) is 0.400. The minimum atomic E-state index is -0.568. The highest BCUT2D eigenvalue weighted by atomic mass is 16.5. The molecule has 1 aliphatic rings. The van der Waals surface area contributed by atoms with Crippen molar-refractivity contribution in [1.29, 1.82) is 0 Å². The minimum absolute atomic E-state index is 0.0662. The summed E-state index contributed by atoms with van der Waals surface area (Å²) in [7, 11) is 1.28. The van der Waals surface area contributed by atoms with E-state index in [1.165, 1.54) is 13.2 Å². The van der Waals surface area contributed by atoms with Crippen LogP contribution in [0, 0.1) is 0 Å². The maximum Gasteiger partial charge on any atom is 0.340 e. The van der Waals surface area contributed by atoms with Crippen molar-refractivity contribution >= 4 is 18.0 Å². The van der Waals surface area contributed by atoms with Gasteiger partial charge >= 0.3 is 5.97 Å². The fourth-order valence-corrected chi connectivity index (χ4v) is 2.90. The molecule has 0 aliphatic carbocycles. The summed E-state index contributed by atoms with van der Waals surface area (Å²) in [5.74, 6) is -0.571. The zero-order valence-corrected chi connectivity index (χ0v) is 15.7. The standard InChI is InChI=1S/C20H25NO5/c1-5-7-11-21-13(3)17(20(24)25-4)15(19(21)23)12-14-9-8-10-16(18(14)22)26-6-2/h8-10,12,22H,5-7,11H2,1-4H3/b15-12+. The summed E-state index contributed by atoms with van der Waals surface area (Å²) in [6.07, 6.45) is 3.28. The molecule has 1 aliphatic heterocycles. The third-order valence-corrected chi connectivity index (χ3v) is 4.27. The number of hydrogen-bond acceptors (Lipinski definition) is 5. The van der Waals surface area contributed by atoms with Crippen molar-refractivity contribution in [1.82, 2.24) is 4.90 Å². The van der Waals surface area contributed by atoms with Crippen LogP contribution < -0.4 is 4.74 Å².